The molecule has 0 aromatic heterocycles. The van der Waals surface area contributed by atoms with Crippen molar-refractivity contribution in [3.8, 4) is 11.5 Å². The van der Waals surface area contributed by atoms with Crippen LogP contribution >= 0.6 is 0 Å². The number of ether oxygens (including phenoxy) is 1. The van der Waals surface area contributed by atoms with Crippen molar-refractivity contribution in [3.05, 3.63) is 52.8 Å². The second-order valence-electron chi connectivity index (χ2n) is 8.10. The molecular weight excluding hydrogens is 403 g/mol. The van der Waals surface area contributed by atoms with E-state index in [9.17, 15) is 15.1 Å². The Morgan fingerprint density at radius 3 is 2.29 bits per heavy atom. The zero-order valence-electron chi connectivity index (χ0n) is 18.4. The molecule has 8 heteroatoms. The number of oxime groups is 1. The van der Waals surface area contributed by atoms with Crippen molar-refractivity contribution >= 4 is 17.4 Å². The normalized spacial score (nSPS) is 12.0. The first-order valence-corrected chi connectivity index (χ1v) is 10.0. The summed E-state index contributed by atoms with van der Waals surface area (Å²) in [5.41, 5.74) is 1.13. The molecule has 0 unspecified atom stereocenters. The minimum absolute atomic E-state index is 0.0947. The second-order valence-corrected chi connectivity index (χ2v) is 8.10. The number of benzene rings is 2. The van der Waals surface area contributed by atoms with E-state index in [0.717, 1.165) is 11.6 Å². The molecule has 0 amide bonds. The molecule has 0 radical (unpaired) electrons. The van der Waals surface area contributed by atoms with Gasteiger partial charge in [-0.05, 0) is 49.1 Å². The number of hydrogen-bond acceptors (Lipinski definition) is 6. The SMILES string of the molecule is CCN(CC)c1c(F)cc(/C(COc2ccc(C(=O)O)c(O)c2)=N\O)cc1C(C)(C)C. The minimum Gasteiger partial charge on any atom is -0.507 e. The molecule has 0 aliphatic carbocycles. The highest BCUT2D eigenvalue weighted by Gasteiger charge is 2.26. The van der Waals surface area contributed by atoms with Crippen LogP contribution in [0, 0.1) is 5.82 Å². The average Bonchev–Trinajstić information content (AvgIpc) is 2.69. The van der Waals surface area contributed by atoms with Crippen LogP contribution in [0.1, 0.15) is 56.1 Å². The molecular formula is C23H29FN2O5. The first kappa shape index (κ1) is 24.0. The third-order valence-corrected chi connectivity index (χ3v) is 4.98. The molecule has 2 aromatic rings. The van der Waals surface area contributed by atoms with Crippen molar-refractivity contribution in [3.63, 3.8) is 0 Å². The molecule has 0 aliphatic heterocycles. The number of hydrogen-bond donors (Lipinski definition) is 3. The number of carboxylic acids is 1. The van der Waals surface area contributed by atoms with Crippen LogP contribution in [0.2, 0.25) is 0 Å². The molecule has 0 aliphatic rings. The number of halogens is 1. The Labute approximate surface area is 181 Å². The Hall–Kier alpha value is -3.29. The summed E-state index contributed by atoms with van der Waals surface area (Å²) in [6.45, 7) is 11.0. The number of phenols is 1. The van der Waals surface area contributed by atoms with Crippen LogP contribution in [0.4, 0.5) is 10.1 Å². The number of nitrogens with zero attached hydrogens (tertiary/aromatic N) is 2. The smallest absolute Gasteiger partial charge is 0.339 e. The van der Waals surface area contributed by atoms with Crippen LogP contribution in [0.15, 0.2) is 35.5 Å². The van der Waals surface area contributed by atoms with Crippen molar-refractivity contribution in [1.29, 1.82) is 0 Å². The maximum atomic E-state index is 15.2. The second kappa shape index (κ2) is 9.68. The number of carbonyl (C=O) groups is 1. The summed E-state index contributed by atoms with van der Waals surface area (Å²) in [5.74, 6) is -1.95. The lowest BCUT2D eigenvalue weighted by Gasteiger charge is -2.31. The summed E-state index contributed by atoms with van der Waals surface area (Å²) in [7, 11) is 0. The average molecular weight is 432 g/mol. The van der Waals surface area contributed by atoms with Gasteiger partial charge in [0.25, 0.3) is 0 Å². The molecule has 0 fully saturated rings. The molecule has 2 rings (SSSR count). The van der Waals surface area contributed by atoms with E-state index in [0.29, 0.717) is 24.3 Å². The fourth-order valence-electron chi connectivity index (χ4n) is 3.30. The Bertz CT molecular complexity index is 979. The van der Waals surface area contributed by atoms with Gasteiger partial charge in [-0.2, -0.15) is 0 Å². The fraction of sp³-hybridized carbons (Fsp3) is 0.391. The van der Waals surface area contributed by atoms with Gasteiger partial charge < -0.3 is 25.1 Å². The van der Waals surface area contributed by atoms with Crippen molar-refractivity contribution in [2.45, 2.75) is 40.0 Å². The predicted molar refractivity (Wildman–Crippen MR) is 118 cm³/mol. The van der Waals surface area contributed by atoms with Gasteiger partial charge in [0.15, 0.2) is 0 Å². The van der Waals surface area contributed by atoms with E-state index in [1.54, 1.807) is 6.07 Å². The standard InChI is InChI=1S/C23H29FN2O5/c1-6-26(7-2)21-17(23(3,4)5)10-14(11-18(21)24)19(25-30)13-31-15-8-9-16(22(28)29)20(27)12-15/h8-12,27,30H,6-7,13H2,1-5H3,(H,28,29)/b25-19-. The number of anilines is 1. The maximum Gasteiger partial charge on any atom is 0.339 e. The number of aromatic hydroxyl groups is 1. The number of carboxylic acid groups (broad SMARTS) is 1. The Balaban J connectivity index is 2.38. The molecule has 3 N–H and O–H groups in total. The molecule has 2 aromatic carbocycles. The third-order valence-electron chi connectivity index (χ3n) is 4.98. The molecule has 0 saturated carbocycles. The Kier molecular flexibility index (Phi) is 7.49. The van der Waals surface area contributed by atoms with E-state index in [1.165, 1.54) is 18.2 Å². The quantitative estimate of drug-likeness (QED) is 0.319. The Morgan fingerprint density at radius 1 is 1.16 bits per heavy atom. The lowest BCUT2D eigenvalue weighted by atomic mass is 9.83. The summed E-state index contributed by atoms with van der Waals surface area (Å²) in [6, 6.07) is 6.84. The van der Waals surface area contributed by atoms with Gasteiger partial charge in [-0.15, -0.1) is 0 Å². The van der Waals surface area contributed by atoms with Gasteiger partial charge in [0.1, 0.15) is 35.2 Å². The van der Waals surface area contributed by atoms with Crippen molar-refractivity contribution in [2.75, 3.05) is 24.6 Å². The molecule has 7 nitrogen and oxygen atoms in total. The molecule has 0 atom stereocenters. The lowest BCUT2D eigenvalue weighted by molar-refractivity contribution is 0.0693. The Morgan fingerprint density at radius 2 is 1.81 bits per heavy atom. The third kappa shape index (κ3) is 5.45. The summed E-state index contributed by atoms with van der Waals surface area (Å²) in [4.78, 5) is 12.9. The van der Waals surface area contributed by atoms with E-state index in [1.807, 2.05) is 39.5 Å². The van der Waals surface area contributed by atoms with E-state index < -0.39 is 17.5 Å². The van der Waals surface area contributed by atoms with Gasteiger partial charge in [0.05, 0.1) is 5.69 Å². The predicted octanol–water partition coefficient (Wildman–Crippen LogP) is 4.63. The highest BCUT2D eigenvalue weighted by Crippen LogP contribution is 2.35. The minimum atomic E-state index is -1.26. The monoisotopic (exact) mass is 432 g/mol. The molecule has 0 spiro atoms. The van der Waals surface area contributed by atoms with E-state index in [-0.39, 0.29) is 29.0 Å². The molecule has 168 valence electrons. The number of aromatic carboxylic acids is 1. The topological polar surface area (TPSA) is 103 Å². The van der Waals surface area contributed by atoms with Gasteiger partial charge in [0, 0.05) is 24.7 Å². The zero-order valence-corrected chi connectivity index (χ0v) is 18.4. The van der Waals surface area contributed by atoms with E-state index in [4.69, 9.17) is 9.84 Å². The van der Waals surface area contributed by atoms with Crippen LogP contribution in [0.5, 0.6) is 11.5 Å². The van der Waals surface area contributed by atoms with Gasteiger partial charge in [-0.3, -0.25) is 0 Å². The molecule has 0 heterocycles. The van der Waals surface area contributed by atoms with Crippen molar-refractivity contribution in [1.82, 2.24) is 0 Å². The fourth-order valence-corrected chi connectivity index (χ4v) is 3.30. The van der Waals surface area contributed by atoms with Crippen LogP contribution in [-0.4, -0.2) is 46.8 Å². The van der Waals surface area contributed by atoms with E-state index >= 15 is 4.39 Å². The van der Waals surface area contributed by atoms with Crippen LogP contribution in [0.3, 0.4) is 0 Å². The first-order valence-electron chi connectivity index (χ1n) is 10.0. The number of rotatable bonds is 8. The van der Waals surface area contributed by atoms with Crippen molar-refractivity contribution < 1.29 is 29.3 Å². The van der Waals surface area contributed by atoms with Gasteiger partial charge >= 0.3 is 5.97 Å². The van der Waals surface area contributed by atoms with Crippen LogP contribution < -0.4 is 9.64 Å². The summed E-state index contributed by atoms with van der Waals surface area (Å²) < 4.78 is 20.7. The van der Waals surface area contributed by atoms with E-state index in [2.05, 4.69) is 5.16 Å². The van der Waals surface area contributed by atoms with Gasteiger partial charge in [0.2, 0.25) is 0 Å². The van der Waals surface area contributed by atoms with Gasteiger partial charge in [-0.25, -0.2) is 9.18 Å². The highest BCUT2D eigenvalue weighted by molar-refractivity contribution is 6.02. The lowest BCUT2D eigenvalue weighted by Crippen LogP contribution is -2.28. The zero-order chi connectivity index (χ0) is 23.3. The summed E-state index contributed by atoms with van der Waals surface area (Å²) in [6.07, 6.45) is 0. The highest BCUT2D eigenvalue weighted by atomic mass is 19.1. The summed E-state index contributed by atoms with van der Waals surface area (Å²) in [5, 5.41) is 31.6. The van der Waals surface area contributed by atoms with Crippen LogP contribution in [-0.2, 0) is 5.41 Å². The molecule has 0 saturated heterocycles. The van der Waals surface area contributed by atoms with Crippen LogP contribution in [0.25, 0.3) is 0 Å². The largest absolute Gasteiger partial charge is 0.507 e. The first-order chi connectivity index (χ1) is 14.5. The summed E-state index contributed by atoms with van der Waals surface area (Å²) >= 11 is 0. The molecule has 0 bridgehead atoms. The van der Waals surface area contributed by atoms with Gasteiger partial charge in [-0.1, -0.05) is 25.9 Å². The maximum absolute atomic E-state index is 15.2. The molecule has 31 heavy (non-hydrogen) atoms. The van der Waals surface area contributed by atoms with Crippen molar-refractivity contribution in [2.24, 2.45) is 5.16 Å².